The first kappa shape index (κ1) is 17.1. The van der Waals surface area contributed by atoms with Crippen LogP contribution in [0.25, 0.3) is 0 Å². The molecule has 0 aromatic heterocycles. The number of carbonyl (C=O) groups excluding carboxylic acids is 1. The van der Waals surface area contributed by atoms with E-state index in [9.17, 15) is 4.79 Å². The molecule has 0 bridgehead atoms. The van der Waals surface area contributed by atoms with E-state index in [2.05, 4.69) is 5.32 Å². The first-order valence-electron chi connectivity index (χ1n) is 8.70. The Kier molecular flexibility index (Phi) is 6.01. The maximum atomic E-state index is 12.8. The lowest BCUT2D eigenvalue weighted by Crippen LogP contribution is -2.42. The molecule has 2 aliphatic rings. The summed E-state index contributed by atoms with van der Waals surface area (Å²) in [5.74, 6) is 1.70. The maximum absolute atomic E-state index is 12.8. The van der Waals surface area contributed by atoms with Crippen molar-refractivity contribution < 1.29 is 9.53 Å². The minimum absolute atomic E-state index is 0.124. The normalized spacial score (nSPS) is 20.9. The molecule has 1 aliphatic carbocycles. The highest BCUT2D eigenvalue weighted by molar-refractivity contribution is 8.13. The van der Waals surface area contributed by atoms with Crippen molar-refractivity contribution in [1.29, 1.82) is 0 Å². The van der Waals surface area contributed by atoms with Gasteiger partial charge in [0.15, 0.2) is 5.17 Å². The molecule has 1 aromatic rings. The number of thioether (sulfide) groups is 1. The van der Waals surface area contributed by atoms with E-state index in [1.807, 2.05) is 24.3 Å². The van der Waals surface area contributed by atoms with Crippen LogP contribution >= 0.6 is 11.8 Å². The number of carbonyl (C=O) groups is 1. The number of para-hydroxylation sites is 2. The molecule has 1 saturated heterocycles. The number of methoxy groups -OCH3 is 1. The first-order valence-corrected chi connectivity index (χ1v) is 9.68. The number of aliphatic imine (C=N–C) groups is 1. The number of amidine groups is 1. The highest BCUT2D eigenvalue weighted by Crippen LogP contribution is 2.27. The van der Waals surface area contributed by atoms with Gasteiger partial charge in [0.25, 0.3) is 0 Å². The number of nitrogens with one attached hydrogen (secondary N) is 1. The van der Waals surface area contributed by atoms with Crippen LogP contribution in [0.2, 0.25) is 0 Å². The van der Waals surface area contributed by atoms with Crippen LogP contribution in [0.3, 0.4) is 0 Å². The number of ether oxygens (including phenoxy) is 1. The predicted octanol–water partition coefficient (Wildman–Crippen LogP) is 4.35. The zero-order valence-corrected chi connectivity index (χ0v) is 15.0. The van der Waals surface area contributed by atoms with E-state index in [1.165, 1.54) is 19.3 Å². The van der Waals surface area contributed by atoms with Crippen molar-refractivity contribution in [2.45, 2.75) is 44.6 Å². The summed E-state index contributed by atoms with van der Waals surface area (Å²) in [6, 6.07) is 7.73. The van der Waals surface area contributed by atoms with Crippen LogP contribution in [-0.4, -0.2) is 41.5 Å². The number of rotatable bonds is 3. The molecule has 0 unspecified atom stereocenters. The summed E-state index contributed by atoms with van der Waals surface area (Å²) in [5.41, 5.74) is 0.692. The second-order valence-corrected chi connectivity index (χ2v) is 7.25. The highest BCUT2D eigenvalue weighted by atomic mass is 32.2. The first-order chi connectivity index (χ1) is 11.8. The molecule has 1 aromatic carbocycles. The topological polar surface area (TPSA) is 53.9 Å². The van der Waals surface area contributed by atoms with Crippen LogP contribution in [-0.2, 0) is 0 Å². The average Bonchev–Trinajstić information content (AvgIpc) is 2.63. The highest BCUT2D eigenvalue weighted by Gasteiger charge is 2.26. The Balaban J connectivity index is 1.72. The summed E-state index contributed by atoms with van der Waals surface area (Å²) in [5, 5.41) is 3.84. The third-order valence-corrected chi connectivity index (χ3v) is 5.53. The number of hydrogen-bond donors (Lipinski definition) is 1. The summed E-state index contributed by atoms with van der Waals surface area (Å²) in [6.45, 7) is 0.722. The van der Waals surface area contributed by atoms with Crippen molar-refractivity contribution in [3.05, 3.63) is 24.3 Å². The molecule has 0 atom stereocenters. The zero-order valence-electron chi connectivity index (χ0n) is 14.2. The SMILES string of the molecule is COc1ccccc1NC(=O)N1CCCSC1=NC1CCCCC1. The fourth-order valence-corrected chi connectivity index (χ4v) is 4.16. The number of benzene rings is 1. The number of nitrogens with zero attached hydrogens (tertiary/aromatic N) is 2. The molecule has 1 N–H and O–H groups in total. The van der Waals surface area contributed by atoms with Crippen molar-refractivity contribution in [3.8, 4) is 5.75 Å². The fourth-order valence-electron chi connectivity index (χ4n) is 3.15. The van der Waals surface area contributed by atoms with Gasteiger partial charge in [0.1, 0.15) is 5.75 Å². The van der Waals surface area contributed by atoms with Crippen molar-refractivity contribution in [2.24, 2.45) is 4.99 Å². The quantitative estimate of drug-likeness (QED) is 0.884. The second-order valence-electron chi connectivity index (χ2n) is 6.19. The van der Waals surface area contributed by atoms with Crippen molar-refractivity contribution >= 4 is 28.6 Å². The van der Waals surface area contributed by atoms with Gasteiger partial charge in [0, 0.05) is 12.3 Å². The molecule has 24 heavy (non-hydrogen) atoms. The summed E-state index contributed by atoms with van der Waals surface area (Å²) < 4.78 is 5.31. The van der Waals surface area contributed by atoms with Gasteiger partial charge in [-0.15, -0.1) is 0 Å². The van der Waals surface area contributed by atoms with Crippen molar-refractivity contribution in [2.75, 3.05) is 24.7 Å². The summed E-state index contributed by atoms with van der Waals surface area (Å²) >= 11 is 1.70. The molecule has 1 saturated carbocycles. The molecule has 0 spiro atoms. The monoisotopic (exact) mass is 347 g/mol. The van der Waals surface area contributed by atoms with Crippen LogP contribution in [0, 0.1) is 0 Å². The lowest BCUT2D eigenvalue weighted by molar-refractivity contribution is 0.233. The third-order valence-electron chi connectivity index (χ3n) is 4.45. The van der Waals surface area contributed by atoms with Gasteiger partial charge in [0.2, 0.25) is 0 Å². The Bertz CT molecular complexity index is 600. The molecule has 1 heterocycles. The molecule has 5 nitrogen and oxygen atoms in total. The third kappa shape index (κ3) is 4.23. The molecule has 2 fully saturated rings. The smallest absolute Gasteiger partial charge is 0.328 e. The van der Waals surface area contributed by atoms with E-state index < -0.39 is 0 Å². The lowest BCUT2D eigenvalue weighted by atomic mass is 9.96. The van der Waals surface area contributed by atoms with Crippen LogP contribution < -0.4 is 10.1 Å². The van der Waals surface area contributed by atoms with E-state index >= 15 is 0 Å². The minimum Gasteiger partial charge on any atom is -0.495 e. The molecule has 1 aliphatic heterocycles. The van der Waals surface area contributed by atoms with E-state index in [-0.39, 0.29) is 6.03 Å². The fraction of sp³-hybridized carbons (Fsp3) is 0.556. The summed E-state index contributed by atoms with van der Waals surface area (Å²) in [7, 11) is 1.61. The van der Waals surface area contributed by atoms with Crippen molar-refractivity contribution in [1.82, 2.24) is 4.90 Å². The standard InChI is InChI=1S/C18H25N3O2S/c1-23-16-11-6-5-10-15(16)20-17(22)21-12-7-13-24-18(21)19-14-8-3-2-4-9-14/h5-6,10-11,14H,2-4,7-9,12-13H2,1H3,(H,20,22). The Morgan fingerprint density at radius 2 is 2.04 bits per heavy atom. The Morgan fingerprint density at radius 3 is 2.83 bits per heavy atom. The van der Waals surface area contributed by atoms with Gasteiger partial charge in [-0.25, -0.2) is 4.79 Å². The van der Waals surface area contributed by atoms with Crippen LogP contribution in [0.15, 0.2) is 29.3 Å². The van der Waals surface area contributed by atoms with Gasteiger partial charge in [-0.2, -0.15) is 0 Å². The van der Waals surface area contributed by atoms with Gasteiger partial charge in [-0.3, -0.25) is 9.89 Å². The van der Waals surface area contributed by atoms with Gasteiger partial charge >= 0.3 is 6.03 Å². The molecular formula is C18H25N3O2S. The van der Waals surface area contributed by atoms with E-state index in [0.29, 0.717) is 17.5 Å². The molecule has 6 heteroatoms. The Hall–Kier alpha value is -1.69. The molecular weight excluding hydrogens is 322 g/mol. The summed E-state index contributed by atoms with van der Waals surface area (Å²) in [6.07, 6.45) is 7.09. The molecule has 0 radical (unpaired) electrons. The van der Waals surface area contributed by atoms with Gasteiger partial charge in [-0.1, -0.05) is 43.2 Å². The van der Waals surface area contributed by atoms with E-state index in [1.54, 1.807) is 23.8 Å². The van der Waals surface area contributed by atoms with Crippen LogP contribution in [0.4, 0.5) is 10.5 Å². The Labute approximate surface area is 147 Å². The number of hydrogen-bond acceptors (Lipinski definition) is 4. The van der Waals surface area contributed by atoms with E-state index in [4.69, 9.17) is 9.73 Å². The maximum Gasteiger partial charge on any atom is 0.328 e. The van der Waals surface area contributed by atoms with Crippen molar-refractivity contribution in [3.63, 3.8) is 0 Å². The van der Waals surface area contributed by atoms with Crippen LogP contribution in [0.1, 0.15) is 38.5 Å². The molecule has 3 rings (SSSR count). The van der Waals surface area contributed by atoms with Crippen LogP contribution in [0.5, 0.6) is 5.75 Å². The lowest BCUT2D eigenvalue weighted by Gasteiger charge is -2.30. The molecule has 2 amide bonds. The predicted molar refractivity (Wildman–Crippen MR) is 100 cm³/mol. The summed E-state index contributed by atoms with van der Waals surface area (Å²) in [4.78, 5) is 19.4. The number of anilines is 1. The largest absolute Gasteiger partial charge is 0.495 e. The number of amides is 2. The molecule has 130 valence electrons. The van der Waals surface area contributed by atoms with Gasteiger partial charge in [0.05, 0.1) is 18.8 Å². The van der Waals surface area contributed by atoms with E-state index in [0.717, 1.165) is 36.7 Å². The van der Waals surface area contributed by atoms with Gasteiger partial charge in [-0.05, 0) is 31.4 Å². The Morgan fingerprint density at radius 1 is 1.25 bits per heavy atom. The average molecular weight is 347 g/mol. The number of urea groups is 1. The second kappa shape index (κ2) is 8.42. The zero-order chi connectivity index (χ0) is 16.8. The van der Waals surface area contributed by atoms with Gasteiger partial charge < -0.3 is 10.1 Å². The minimum atomic E-state index is -0.124.